The molecule has 0 amide bonds. The van der Waals surface area contributed by atoms with Gasteiger partial charge in [0.1, 0.15) is 0 Å². The number of ether oxygens (including phenoxy) is 3. The van der Waals surface area contributed by atoms with Crippen LogP contribution in [-0.2, 0) is 24.3 Å². The van der Waals surface area contributed by atoms with E-state index in [1.165, 1.54) is 16.7 Å². The van der Waals surface area contributed by atoms with E-state index in [0.29, 0.717) is 19.8 Å². The maximum absolute atomic E-state index is 5.56. The largest absolute Gasteiger partial charge is 0.493 e. The SMILES string of the molecule is CCNC(=NCc1ccccc1COCC)NCCc1ccc(OC)c(OC)c1. The van der Waals surface area contributed by atoms with Gasteiger partial charge in [0, 0.05) is 19.7 Å². The third kappa shape index (κ3) is 7.31. The Bertz CT molecular complexity index is 778. The summed E-state index contributed by atoms with van der Waals surface area (Å²) in [6.45, 7) is 7.57. The molecule has 0 aliphatic heterocycles. The standard InChI is InChI=1S/C23H33N3O3/c1-5-24-23(26-16-19-9-7-8-10-20(19)17-29-6-2)25-14-13-18-11-12-21(27-3)22(15-18)28-4/h7-12,15H,5-6,13-14,16-17H2,1-4H3,(H2,24,25,26). The molecule has 0 bridgehead atoms. The highest BCUT2D eigenvalue weighted by Crippen LogP contribution is 2.27. The van der Waals surface area contributed by atoms with Gasteiger partial charge < -0.3 is 24.8 Å². The van der Waals surface area contributed by atoms with Gasteiger partial charge in [0.2, 0.25) is 0 Å². The molecule has 0 heterocycles. The number of rotatable bonds is 11. The summed E-state index contributed by atoms with van der Waals surface area (Å²) in [5.74, 6) is 2.29. The molecule has 2 N–H and O–H groups in total. The van der Waals surface area contributed by atoms with Crippen molar-refractivity contribution in [2.24, 2.45) is 4.99 Å². The van der Waals surface area contributed by atoms with Crippen molar-refractivity contribution in [3.05, 3.63) is 59.2 Å². The van der Waals surface area contributed by atoms with Gasteiger partial charge >= 0.3 is 0 Å². The molecule has 0 aromatic heterocycles. The van der Waals surface area contributed by atoms with Crippen LogP contribution in [0.2, 0.25) is 0 Å². The Morgan fingerprint density at radius 3 is 2.38 bits per heavy atom. The average molecular weight is 400 g/mol. The maximum Gasteiger partial charge on any atom is 0.191 e. The molecule has 0 aliphatic rings. The van der Waals surface area contributed by atoms with Crippen LogP contribution in [0.5, 0.6) is 11.5 Å². The van der Waals surface area contributed by atoms with E-state index in [0.717, 1.165) is 37.0 Å². The Balaban J connectivity index is 1.96. The predicted molar refractivity (Wildman–Crippen MR) is 118 cm³/mol. The maximum atomic E-state index is 5.56. The molecular weight excluding hydrogens is 366 g/mol. The molecule has 0 spiro atoms. The summed E-state index contributed by atoms with van der Waals surface area (Å²) in [4.78, 5) is 4.74. The van der Waals surface area contributed by atoms with Crippen molar-refractivity contribution in [3.8, 4) is 11.5 Å². The molecule has 6 nitrogen and oxygen atoms in total. The molecule has 6 heteroatoms. The van der Waals surface area contributed by atoms with Gasteiger partial charge in [0.25, 0.3) is 0 Å². The normalized spacial score (nSPS) is 11.2. The van der Waals surface area contributed by atoms with Gasteiger partial charge in [-0.25, -0.2) is 4.99 Å². The van der Waals surface area contributed by atoms with Crippen LogP contribution in [-0.4, -0.2) is 39.9 Å². The Labute approximate surface area is 174 Å². The minimum Gasteiger partial charge on any atom is -0.493 e. The number of benzene rings is 2. The number of methoxy groups -OCH3 is 2. The quantitative estimate of drug-likeness (QED) is 0.447. The lowest BCUT2D eigenvalue weighted by atomic mass is 10.1. The van der Waals surface area contributed by atoms with Gasteiger partial charge in [0.05, 0.1) is 27.4 Å². The zero-order valence-electron chi connectivity index (χ0n) is 18.0. The number of hydrogen-bond donors (Lipinski definition) is 2. The number of nitrogens with one attached hydrogen (secondary N) is 2. The fourth-order valence-corrected chi connectivity index (χ4v) is 2.93. The second-order valence-corrected chi connectivity index (χ2v) is 6.47. The van der Waals surface area contributed by atoms with Crippen LogP contribution in [0.4, 0.5) is 0 Å². The van der Waals surface area contributed by atoms with Crippen LogP contribution < -0.4 is 20.1 Å². The predicted octanol–water partition coefficient (Wildman–Crippen LogP) is 3.54. The lowest BCUT2D eigenvalue weighted by Crippen LogP contribution is -2.38. The van der Waals surface area contributed by atoms with Crippen LogP contribution in [0.1, 0.15) is 30.5 Å². The summed E-state index contributed by atoms with van der Waals surface area (Å²) in [5.41, 5.74) is 3.53. The molecule has 2 rings (SSSR count). The minimum atomic E-state index is 0.606. The Morgan fingerprint density at radius 2 is 1.69 bits per heavy atom. The number of nitrogens with zero attached hydrogens (tertiary/aromatic N) is 1. The van der Waals surface area contributed by atoms with Crippen molar-refractivity contribution < 1.29 is 14.2 Å². The minimum absolute atomic E-state index is 0.606. The smallest absolute Gasteiger partial charge is 0.191 e. The van der Waals surface area contributed by atoms with Crippen LogP contribution >= 0.6 is 0 Å². The van der Waals surface area contributed by atoms with Gasteiger partial charge in [-0.2, -0.15) is 0 Å². The third-order valence-electron chi connectivity index (χ3n) is 4.49. The molecule has 0 radical (unpaired) electrons. The number of aliphatic imine (C=N–C) groups is 1. The zero-order valence-corrected chi connectivity index (χ0v) is 18.0. The molecule has 0 atom stereocenters. The summed E-state index contributed by atoms with van der Waals surface area (Å²) in [5, 5.41) is 6.71. The first-order valence-electron chi connectivity index (χ1n) is 10.1. The molecule has 0 aliphatic carbocycles. The van der Waals surface area contributed by atoms with Gasteiger partial charge in [-0.3, -0.25) is 0 Å². The summed E-state index contributed by atoms with van der Waals surface area (Å²) >= 11 is 0. The van der Waals surface area contributed by atoms with E-state index in [4.69, 9.17) is 19.2 Å². The fraction of sp³-hybridized carbons (Fsp3) is 0.435. The van der Waals surface area contributed by atoms with Crippen molar-refractivity contribution >= 4 is 5.96 Å². The average Bonchev–Trinajstić information content (AvgIpc) is 2.76. The third-order valence-corrected chi connectivity index (χ3v) is 4.49. The molecule has 0 saturated heterocycles. The van der Waals surface area contributed by atoms with E-state index in [-0.39, 0.29) is 0 Å². The molecule has 2 aromatic rings. The Morgan fingerprint density at radius 1 is 0.931 bits per heavy atom. The molecule has 2 aromatic carbocycles. The van der Waals surface area contributed by atoms with Gasteiger partial charge in [-0.05, 0) is 49.1 Å². The molecule has 158 valence electrons. The lowest BCUT2D eigenvalue weighted by Gasteiger charge is -2.13. The van der Waals surface area contributed by atoms with Gasteiger partial charge in [0.15, 0.2) is 17.5 Å². The van der Waals surface area contributed by atoms with Crippen LogP contribution in [0.3, 0.4) is 0 Å². The van der Waals surface area contributed by atoms with Gasteiger partial charge in [-0.1, -0.05) is 30.3 Å². The highest BCUT2D eigenvalue weighted by atomic mass is 16.5. The first-order valence-corrected chi connectivity index (χ1v) is 10.1. The van der Waals surface area contributed by atoms with Crippen molar-refractivity contribution in [2.75, 3.05) is 33.9 Å². The van der Waals surface area contributed by atoms with E-state index in [2.05, 4.69) is 35.8 Å². The van der Waals surface area contributed by atoms with Gasteiger partial charge in [-0.15, -0.1) is 0 Å². The van der Waals surface area contributed by atoms with Crippen molar-refractivity contribution in [1.82, 2.24) is 10.6 Å². The van der Waals surface area contributed by atoms with E-state index in [9.17, 15) is 0 Å². The first-order chi connectivity index (χ1) is 14.2. The molecule has 0 fully saturated rings. The monoisotopic (exact) mass is 399 g/mol. The molecule has 0 saturated carbocycles. The molecule has 29 heavy (non-hydrogen) atoms. The summed E-state index contributed by atoms with van der Waals surface area (Å²) < 4.78 is 16.2. The topological polar surface area (TPSA) is 64.1 Å². The van der Waals surface area contributed by atoms with E-state index < -0.39 is 0 Å². The molecular formula is C23H33N3O3. The first kappa shape index (κ1) is 22.6. The van der Waals surface area contributed by atoms with Crippen molar-refractivity contribution in [3.63, 3.8) is 0 Å². The van der Waals surface area contributed by atoms with Crippen molar-refractivity contribution in [2.45, 2.75) is 33.4 Å². The highest BCUT2D eigenvalue weighted by molar-refractivity contribution is 5.79. The lowest BCUT2D eigenvalue weighted by molar-refractivity contribution is 0.133. The van der Waals surface area contributed by atoms with Crippen molar-refractivity contribution in [1.29, 1.82) is 0 Å². The Kier molecular flexibility index (Phi) is 9.86. The van der Waals surface area contributed by atoms with Crippen LogP contribution in [0.15, 0.2) is 47.5 Å². The highest BCUT2D eigenvalue weighted by Gasteiger charge is 2.06. The van der Waals surface area contributed by atoms with E-state index in [1.54, 1.807) is 14.2 Å². The van der Waals surface area contributed by atoms with Crippen LogP contribution in [0.25, 0.3) is 0 Å². The second kappa shape index (κ2) is 12.7. The number of hydrogen-bond acceptors (Lipinski definition) is 4. The van der Waals surface area contributed by atoms with E-state index in [1.807, 2.05) is 31.2 Å². The summed E-state index contributed by atoms with van der Waals surface area (Å²) in [6.07, 6.45) is 0.853. The second-order valence-electron chi connectivity index (χ2n) is 6.47. The van der Waals surface area contributed by atoms with E-state index >= 15 is 0 Å². The number of guanidine groups is 1. The summed E-state index contributed by atoms with van der Waals surface area (Å²) in [6, 6.07) is 14.3. The summed E-state index contributed by atoms with van der Waals surface area (Å²) in [7, 11) is 3.30. The van der Waals surface area contributed by atoms with Crippen LogP contribution in [0, 0.1) is 0 Å². The fourth-order valence-electron chi connectivity index (χ4n) is 2.93. The molecule has 0 unspecified atom stereocenters. The zero-order chi connectivity index (χ0) is 20.9. The Hall–Kier alpha value is -2.73.